The lowest BCUT2D eigenvalue weighted by molar-refractivity contribution is -0.167. The molecular formula is C12H21NO4. The number of carboxylic acids is 1. The Bertz CT molecular complexity index is 312. The van der Waals surface area contributed by atoms with Crippen LogP contribution in [0, 0.1) is 5.92 Å². The smallest absolute Gasteiger partial charge is 0.332 e. The molecule has 1 N–H and O–H groups in total. The van der Waals surface area contributed by atoms with Crippen molar-refractivity contribution in [2.45, 2.75) is 45.2 Å². The van der Waals surface area contributed by atoms with Crippen LogP contribution >= 0.6 is 0 Å². The molecule has 0 aromatic rings. The van der Waals surface area contributed by atoms with Crippen LogP contribution in [0.15, 0.2) is 0 Å². The van der Waals surface area contributed by atoms with Crippen LogP contribution in [0.5, 0.6) is 0 Å². The fourth-order valence-electron chi connectivity index (χ4n) is 2.61. The van der Waals surface area contributed by atoms with Gasteiger partial charge in [0, 0.05) is 20.1 Å². The van der Waals surface area contributed by atoms with Gasteiger partial charge in [-0.25, -0.2) is 4.79 Å². The summed E-state index contributed by atoms with van der Waals surface area (Å²) in [6.45, 7) is 5.12. The lowest BCUT2D eigenvalue weighted by atomic mass is 9.90. The van der Waals surface area contributed by atoms with Gasteiger partial charge in [-0.15, -0.1) is 0 Å². The zero-order valence-electron chi connectivity index (χ0n) is 10.9. The molecule has 5 nitrogen and oxygen atoms in total. The number of carbonyl (C=O) groups excluding carboxylic acids is 1. The lowest BCUT2D eigenvalue weighted by Crippen LogP contribution is -2.63. The number of ether oxygens (including phenoxy) is 1. The number of aliphatic carboxylic acids is 1. The van der Waals surface area contributed by atoms with Gasteiger partial charge in [-0.3, -0.25) is 4.79 Å². The van der Waals surface area contributed by atoms with Gasteiger partial charge in [0.05, 0.1) is 6.61 Å². The Morgan fingerprint density at radius 2 is 2.00 bits per heavy atom. The summed E-state index contributed by atoms with van der Waals surface area (Å²) in [5, 5.41) is 9.56. The summed E-state index contributed by atoms with van der Waals surface area (Å²) in [5.74, 6) is -1.18. The predicted octanol–water partition coefficient (Wildman–Crippen LogP) is 1.12. The van der Waals surface area contributed by atoms with Gasteiger partial charge < -0.3 is 14.7 Å². The molecule has 0 radical (unpaired) electrons. The minimum absolute atomic E-state index is 0.00579. The van der Waals surface area contributed by atoms with Gasteiger partial charge >= 0.3 is 5.97 Å². The zero-order chi connectivity index (χ0) is 13.2. The molecule has 0 aromatic carbocycles. The van der Waals surface area contributed by atoms with Gasteiger partial charge in [0.2, 0.25) is 5.91 Å². The van der Waals surface area contributed by atoms with Crippen molar-refractivity contribution in [1.82, 2.24) is 4.90 Å². The molecule has 0 bridgehead atoms. The summed E-state index contributed by atoms with van der Waals surface area (Å²) in [7, 11) is 1.47. The van der Waals surface area contributed by atoms with Crippen LogP contribution in [0.2, 0.25) is 0 Å². The second-order valence-electron chi connectivity index (χ2n) is 4.92. The molecule has 1 aliphatic rings. The number of nitrogens with zero attached hydrogens (tertiary/aromatic N) is 1. The van der Waals surface area contributed by atoms with Crippen molar-refractivity contribution in [2.75, 3.05) is 13.7 Å². The molecule has 17 heavy (non-hydrogen) atoms. The Balaban J connectivity index is 3.17. The summed E-state index contributed by atoms with van der Waals surface area (Å²) in [5.41, 5.74) is -1.20. The standard InChI is InChI=1S/C12H21NO4/c1-8(2)13(9(3)14)12(7-17-4,11(15)16)10-5-6-10/h8,10H,5-7H2,1-4H3,(H,15,16). The van der Waals surface area contributed by atoms with Gasteiger partial charge in [0.1, 0.15) is 0 Å². The van der Waals surface area contributed by atoms with Gasteiger partial charge in [-0.2, -0.15) is 0 Å². The van der Waals surface area contributed by atoms with E-state index >= 15 is 0 Å². The first-order valence-corrected chi connectivity index (χ1v) is 5.90. The SMILES string of the molecule is COCC(C(=O)O)(C1CC1)N(C(C)=O)C(C)C. The van der Waals surface area contributed by atoms with Crippen molar-refractivity contribution in [3.63, 3.8) is 0 Å². The summed E-state index contributed by atoms with van der Waals surface area (Å²) in [6, 6.07) is -0.153. The van der Waals surface area contributed by atoms with Crippen LogP contribution in [-0.4, -0.2) is 47.2 Å². The van der Waals surface area contributed by atoms with Crippen LogP contribution in [0.4, 0.5) is 0 Å². The number of carbonyl (C=O) groups is 2. The Kier molecular flexibility index (Phi) is 4.14. The fourth-order valence-corrected chi connectivity index (χ4v) is 2.61. The monoisotopic (exact) mass is 243 g/mol. The second kappa shape index (κ2) is 5.04. The number of rotatable bonds is 6. The second-order valence-corrected chi connectivity index (χ2v) is 4.92. The molecule has 1 fully saturated rings. The van der Waals surface area contributed by atoms with E-state index in [0.29, 0.717) is 0 Å². The molecule has 0 saturated heterocycles. The van der Waals surface area contributed by atoms with E-state index in [-0.39, 0.29) is 24.5 Å². The summed E-state index contributed by atoms with van der Waals surface area (Å²) in [6.07, 6.45) is 1.68. The average molecular weight is 243 g/mol. The van der Waals surface area contributed by atoms with E-state index in [9.17, 15) is 14.7 Å². The van der Waals surface area contributed by atoms with Crippen molar-refractivity contribution in [2.24, 2.45) is 5.92 Å². The Morgan fingerprint density at radius 3 is 2.24 bits per heavy atom. The maximum absolute atomic E-state index is 11.8. The van der Waals surface area contributed by atoms with Crippen LogP contribution in [-0.2, 0) is 14.3 Å². The molecule has 5 heteroatoms. The minimum Gasteiger partial charge on any atom is -0.479 e. The highest BCUT2D eigenvalue weighted by molar-refractivity contribution is 5.87. The van der Waals surface area contributed by atoms with Crippen molar-refractivity contribution < 1.29 is 19.4 Å². The van der Waals surface area contributed by atoms with Crippen molar-refractivity contribution in [3.05, 3.63) is 0 Å². The first-order valence-electron chi connectivity index (χ1n) is 5.90. The van der Waals surface area contributed by atoms with Crippen molar-refractivity contribution in [3.8, 4) is 0 Å². The molecular weight excluding hydrogens is 222 g/mol. The normalized spacial score (nSPS) is 18.9. The fraction of sp³-hybridized carbons (Fsp3) is 0.833. The highest BCUT2D eigenvalue weighted by atomic mass is 16.5. The van der Waals surface area contributed by atoms with Crippen LogP contribution in [0.1, 0.15) is 33.6 Å². The number of methoxy groups -OCH3 is 1. The Labute approximate surface area is 102 Å². The van der Waals surface area contributed by atoms with E-state index in [1.54, 1.807) is 0 Å². The molecule has 0 aliphatic heterocycles. The highest BCUT2D eigenvalue weighted by Gasteiger charge is 2.57. The number of hydrogen-bond acceptors (Lipinski definition) is 3. The molecule has 1 saturated carbocycles. The Hall–Kier alpha value is -1.10. The quantitative estimate of drug-likeness (QED) is 0.759. The highest BCUT2D eigenvalue weighted by Crippen LogP contribution is 2.44. The van der Waals surface area contributed by atoms with Crippen LogP contribution < -0.4 is 0 Å². The first kappa shape index (κ1) is 14.0. The summed E-state index contributed by atoms with van der Waals surface area (Å²) in [4.78, 5) is 24.9. The first-order chi connectivity index (χ1) is 7.87. The number of amides is 1. The summed E-state index contributed by atoms with van der Waals surface area (Å²) >= 11 is 0. The molecule has 98 valence electrons. The lowest BCUT2D eigenvalue weighted by Gasteiger charge is -2.42. The predicted molar refractivity (Wildman–Crippen MR) is 62.6 cm³/mol. The topological polar surface area (TPSA) is 66.8 Å². The molecule has 1 atom stereocenters. The van der Waals surface area contributed by atoms with Crippen LogP contribution in [0.25, 0.3) is 0 Å². The molecule has 1 rings (SSSR count). The molecule has 1 amide bonds. The minimum atomic E-state index is -1.20. The van der Waals surface area contributed by atoms with E-state index in [1.165, 1.54) is 18.9 Å². The van der Waals surface area contributed by atoms with Crippen molar-refractivity contribution >= 4 is 11.9 Å². The molecule has 0 heterocycles. The maximum Gasteiger partial charge on any atom is 0.332 e. The largest absolute Gasteiger partial charge is 0.479 e. The summed E-state index contributed by atoms with van der Waals surface area (Å²) < 4.78 is 5.08. The maximum atomic E-state index is 11.8. The number of carboxylic acid groups (broad SMARTS) is 1. The zero-order valence-corrected chi connectivity index (χ0v) is 10.9. The third-order valence-corrected chi connectivity index (χ3v) is 3.27. The average Bonchev–Trinajstić information content (AvgIpc) is 2.98. The van der Waals surface area contributed by atoms with E-state index in [4.69, 9.17) is 4.74 Å². The number of hydrogen-bond donors (Lipinski definition) is 1. The van der Waals surface area contributed by atoms with Gasteiger partial charge in [-0.1, -0.05) is 0 Å². The third-order valence-electron chi connectivity index (χ3n) is 3.27. The third kappa shape index (κ3) is 2.44. The van der Waals surface area contributed by atoms with Gasteiger partial charge in [0.25, 0.3) is 0 Å². The molecule has 0 spiro atoms. The van der Waals surface area contributed by atoms with E-state index in [2.05, 4.69) is 0 Å². The molecule has 1 aliphatic carbocycles. The molecule has 0 aromatic heterocycles. The van der Waals surface area contributed by atoms with Crippen molar-refractivity contribution in [1.29, 1.82) is 0 Å². The molecule has 1 unspecified atom stereocenters. The van der Waals surface area contributed by atoms with Gasteiger partial charge in [0.15, 0.2) is 5.54 Å². The van der Waals surface area contributed by atoms with E-state index < -0.39 is 11.5 Å². The van der Waals surface area contributed by atoms with Crippen LogP contribution in [0.3, 0.4) is 0 Å². The van der Waals surface area contributed by atoms with E-state index in [0.717, 1.165) is 12.8 Å². The van der Waals surface area contributed by atoms with Gasteiger partial charge in [-0.05, 0) is 32.6 Å². The van der Waals surface area contributed by atoms with E-state index in [1.807, 2.05) is 13.8 Å². The Morgan fingerprint density at radius 1 is 1.47 bits per heavy atom.